The van der Waals surface area contributed by atoms with Crippen molar-refractivity contribution in [3.05, 3.63) is 0 Å². The van der Waals surface area contributed by atoms with Gasteiger partial charge in [0.1, 0.15) is 0 Å². The first-order valence-corrected chi connectivity index (χ1v) is 12.3. The monoisotopic (exact) mass is 407 g/mol. The van der Waals surface area contributed by atoms with Crippen LogP contribution in [0.4, 0.5) is 0 Å². The number of hydrogen-bond acceptors (Lipinski definition) is 4. The minimum Gasteiger partial charge on any atom is -0.373 e. The molecule has 170 valence electrons. The lowest BCUT2D eigenvalue weighted by atomic mass is 9.81. The molecule has 1 saturated carbocycles. The van der Waals surface area contributed by atoms with Gasteiger partial charge in [0.25, 0.3) is 0 Å². The molecule has 3 rings (SSSR count). The molecule has 3 fully saturated rings. The number of piperazine rings is 1. The third-order valence-electron chi connectivity index (χ3n) is 7.44. The van der Waals surface area contributed by atoms with Crippen LogP contribution < -0.4 is 0 Å². The molecule has 0 amide bonds. The zero-order valence-electron chi connectivity index (χ0n) is 20.7. The lowest BCUT2D eigenvalue weighted by Crippen LogP contribution is -2.59. The Hall–Kier alpha value is -0.160. The van der Waals surface area contributed by atoms with Gasteiger partial charge in [-0.05, 0) is 106 Å². The van der Waals surface area contributed by atoms with Crippen LogP contribution in [0.1, 0.15) is 81.1 Å². The van der Waals surface area contributed by atoms with Crippen molar-refractivity contribution in [2.45, 2.75) is 110 Å². The fraction of sp³-hybridized carbons (Fsp3) is 1.00. The normalized spacial score (nSPS) is 34.3. The van der Waals surface area contributed by atoms with Gasteiger partial charge in [-0.1, -0.05) is 0 Å². The van der Waals surface area contributed by atoms with Gasteiger partial charge in [-0.2, -0.15) is 0 Å². The highest BCUT2D eigenvalue weighted by Gasteiger charge is 2.37. The van der Waals surface area contributed by atoms with E-state index in [1.54, 1.807) is 0 Å². The van der Waals surface area contributed by atoms with Gasteiger partial charge < -0.3 is 4.74 Å². The first-order valence-electron chi connectivity index (χ1n) is 12.3. The highest BCUT2D eigenvalue weighted by molar-refractivity contribution is 4.91. The lowest BCUT2D eigenvalue weighted by molar-refractivity contribution is -0.118. The van der Waals surface area contributed by atoms with Crippen molar-refractivity contribution in [1.29, 1.82) is 0 Å². The molecule has 2 atom stereocenters. The second-order valence-electron chi connectivity index (χ2n) is 12.4. The molecule has 0 aromatic carbocycles. The largest absolute Gasteiger partial charge is 0.373 e. The van der Waals surface area contributed by atoms with E-state index in [1.807, 2.05) is 0 Å². The molecule has 0 aromatic heterocycles. The van der Waals surface area contributed by atoms with E-state index in [0.29, 0.717) is 23.7 Å². The SMILES string of the molecule is CC1CN(C[C@H]2C[C@H](OC(C)(C)C)C2)CC(C)N1CC1CCN(C(C)(C)C)CC1. The van der Waals surface area contributed by atoms with Gasteiger partial charge in [0.05, 0.1) is 11.7 Å². The molecule has 4 heteroatoms. The first kappa shape index (κ1) is 23.5. The molecule has 1 aliphatic carbocycles. The summed E-state index contributed by atoms with van der Waals surface area (Å²) in [5, 5.41) is 0. The Labute approximate surface area is 181 Å². The van der Waals surface area contributed by atoms with E-state index in [4.69, 9.17) is 4.74 Å². The summed E-state index contributed by atoms with van der Waals surface area (Å²) in [7, 11) is 0. The van der Waals surface area contributed by atoms with E-state index in [0.717, 1.165) is 11.8 Å². The molecule has 2 saturated heterocycles. The van der Waals surface area contributed by atoms with Crippen molar-refractivity contribution >= 4 is 0 Å². The van der Waals surface area contributed by atoms with E-state index in [2.05, 4.69) is 70.1 Å². The van der Waals surface area contributed by atoms with Crippen LogP contribution in [0.2, 0.25) is 0 Å². The molecule has 29 heavy (non-hydrogen) atoms. The predicted octanol–water partition coefficient (Wildman–Crippen LogP) is 4.49. The van der Waals surface area contributed by atoms with Gasteiger partial charge in [0.2, 0.25) is 0 Å². The van der Waals surface area contributed by atoms with E-state index in [9.17, 15) is 0 Å². The molecule has 2 heterocycles. The van der Waals surface area contributed by atoms with Crippen molar-refractivity contribution in [2.24, 2.45) is 11.8 Å². The zero-order valence-corrected chi connectivity index (χ0v) is 20.7. The standard InChI is InChI=1S/C25H49N3O/c1-19-15-26(17-22-13-23(14-22)29-25(6,7)8)16-20(2)28(19)18-21-9-11-27(12-10-21)24(3,4)5/h19-23H,9-18H2,1-8H3/t19?,20?,22-,23-. The molecule has 4 nitrogen and oxygen atoms in total. The Bertz CT molecular complexity index is 497. The number of nitrogens with zero attached hydrogens (tertiary/aromatic N) is 3. The highest BCUT2D eigenvalue weighted by atomic mass is 16.5. The van der Waals surface area contributed by atoms with Crippen LogP contribution in [0.15, 0.2) is 0 Å². The van der Waals surface area contributed by atoms with Crippen LogP contribution in [0.5, 0.6) is 0 Å². The van der Waals surface area contributed by atoms with Gasteiger partial charge >= 0.3 is 0 Å². The van der Waals surface area contributed by atoms with E-state index < -0.39 is 0 Å². The van der Waals surface area contributed by atoms with Gasteiger partial charge in [0, 0.05) is 43.8 Å². The minimum atomic E-state index is 0.00726. The Kier molecular flexibility index (Phi) is 7.41. The Morgan fingerprint density at radius 1 is 0.793 bits per heavy atom. The lowest BCUT2D eigenvalue weighted by Gasteiger charge is -2.49. The van der Waals surface area contributed by atoms with Crippen LogP contribution in [-0.4, -0.2) is 83.3 Å². The quantitative estimate of drug-likeness (QED) is 0.668. The van der Waals surface area contributed by atoms with Crippen LogP contribution >= 0.6 is 0 Å². The third kappa shape index (κ3) is 6.66. The maximum Gasteiger partial charge on any atom is 0.0602 e. The van der Waals surface area contributed by atoms with Crippen LogP contribution in [-0.2, 0) is 4.74 Å². The Morgan fingerprint density at radius 2 is 1.34 bits per heavy atom. The van der Waals surface area contributed by atoms with Gasteiger partial charge in [-0.25, -0.2) is 0 Å². The predicted molar refractivity (Wildman–Crippen MR) is 123 cm³/mol. The summed E-state index contributed by atoms with van der Waals surface area (Å²) in [6.45, 7) is 26.1. The maximum atomic E-state index is 6.14. The van der Waals surface area contributed by atoms with Gasteiger partial charge in [0.15, 0.2) is 0 Å². The molecular weight excluding hydrogens is 358 g/mol. The summed E-state index contributed by atoms with van der Waals surface area (Å²) >= 11 is 0. The van der Waals surface area contributed by atoms with Crippen molar-refractivity contribution in [3.63, 3.8) is 0 Å². The van der Waals surface area contributed by atoms with Gasteiger partial charge in [-0.15, -0.1) is 0 Å². The summed E-state index contributed by atoms with van der Waals surface area (Å²) < 4.78 is 6.14. The number of rotatable bonds is 5. The number of piperidine rings is 1. The Morgan fingerprint density at radius 3 is 1.83 bits per heavy atom. The van der Waals surface area contributed by atoms with Crippen LogP contribution in [0, 0.1) is 11.8 Å². The topological polar surface area (TPSA) is 19.0 Å². The molecular formula is C25H49N3O. The summed E-state index contributed by atoms with van der Waals surface area (Å²) in [6.07, 6.45) is 5.75. The maximum absolute atomic E-state index is 6.14. The number of likely N-dealkylation sites (tertiary alicyclic amines) is 1. The summed E-state index contributed by atoms with van der Waals surface area (Å²) in [5.41, 5.74) is 0.336. The van der Waals surface area contributed by atoms with Crippen molar-refractivity contribution in [3.8, 4) is 0 Å². The fourth-order valence-electron chi connectivity index (χ4n) is 5.84. The van der Waals surface area contributed by atoms with E-state index in [-0.39, 0.29) is 5.60 Å². The van der Waals surface area contributed by atoms with Crippen molar-refractivity contribution in [2.75, 3.05) is 39.3 Å². The zero-order chi connectivity index (χ0) is 21.4. The molecule has 2 aliphatic heterocycles. The highest BCUT2D eigenvalue weighted by Crippen LogP contribution is 2.34. The van der Waals surface area contributed by atoms with E-state index in [1.165, 1.54) is 65.0 Å². The molecule has 0 N–H and O–H groups in total. The number of hydrogen-bond donors (Lipinski definition) is 0. The molecule has 0 aromatic rings. The molecule has 0 bridgehead atoms. The van der Waals surface area contributed by atoms with E-state index >= 15 is 0 Å². The minimum absolute atomic E-state index is 0.00726. The molecule has 2 unspecified atom stereocenters. The average molecular weight is 408 g/mol. The van der Waals surface area contributed by atoms with Crippen LogP contribution in [0.25, 0.3) is 0 Å². The van der Waals surface area contributed by atoms with Gasteiger partial charge in [-0.3, -0.25) is 14.7 Å². The second-order valence-corrected chi connectivity index (χ2v) is 12.4. The molecule has 3 aliphatic rings. The third-order valence-corrected chi connectivity index (χ3v) is 7.44. The summed E-state index contributed by atoms with van der Waals surface area (Å²) in [5.74, 6) is 1.72. The second kappa shape index (κ2) is 9.14. The average Bonchev–Trinajstić information content (AvgIpc) is 2.55. The fourth-order valence-corrected chi connectivity index (χ4v) is 5.84. The summed E-state index contributed by atoms with van der Waals surface area (Å²) in [6, 6.07) is 1.36. The van der Waals surface area contributed by atoms with Crippen LogP contribution in [0.3, 0.4) is 0 Å². The number of ether oxygens (including phenoxy) is 1. The van der Waals surface area contributed by atoms with Crippen molar-refractivity contribution < 1.29 is 4.74 Å². The molecule has 0 spiro atoms. The smallest absolute Gasteiger partial charge is 0.0602 e. The molecule has 0 radical (unpaired) electrons. The summed E-state index contributed by atoms with van der Waals surface area (Å²) in [4.78, 5) is 8.23. The first-order chi connectivity index (χ1) is 13.4. The van der Waals surface area contributed by atoms with Crippen molar-refractivity contribution in [1.82, 2.24) is 14.7 Å². The Balaban J connectivity index is 1.39.